The normalized spacial score (nSPS) is 20.2. The molecule has 0 atom stereocenters. The van der Waals surface area contributed by atoms with Crippen LogP contribution in [-0.4, -0.2) is 21.9 Å². The van der Waals surface area contributed by atoms with E-state index in [1.165, 1.54) is 11.1 Å². The van der Waals surface area contributed by atoms with E-state index in [0.29, 0.717) is 5.92 Å². The Kier molecular flexibility index (Phi) is 4.74. The smallest absolute Gasteiger partial charge is 0.326 e. The molecule has 0 radical (unpaired) electrons. The van der Waals surface area contributed by atoms with Crippen LogP contribution in [0, 0.1) is 6.92 Å². The number of nitrogen functional groups attached to an aromatic ring is 1. The lowest BCUT2D eigenvalue weighted by atomic mass is 9.81. The minimum absolute atomic E-state index is 0.0105. The van der Waals surface area contributed by atoms with Crippen LogP contribution in [0.15, 0.2) is 33.9 Å². The summed E-state index contributed by atoms with van der Waals surface area (Å²) in [5.74, 6) is -0.0160. The van der Waals surface area contributed by atoms with Gasteiger partial charge in [0.05, 0.1) is 0 Å². The first-order valence-corrected chi connectivity index (χ1v) is 8.43. The number of hydrogen-bond donors (Lipinski definition) is 4. The van der Waals surface area contributed by atoms with E-state index in [1.54, 1.807) is 0 Å². The van der Waals surface area contributed by atoms with E-state index in [2.05, 4.69) is 41.5 Å². The maximum absolute atomic E-state index is 12.3. The van der Waals surface area contributed by atoms with Crippen molar-refractivity contribution >= 4 is 11.6 Å². The Hall–Kier alpha value is -2.83. The standard InChI is InChI=1S/C18H22N4O3/c1-10-2-4-11(5-3-10)12-6-8-13(9-7-12)20-17(24)15-14(19)16(23)22-18(25)21-15/h2-5,12-13H,6-9,19H2,1H3,(H,20,24)(H2,21,22,23,25). The molecule has 1 aliphatic rings. The Bertz CT molecular complexity index is 874. The minimum Gasteiger partial charge on any atom is -0.392 e. The average molecular weight is 342 g/mol. The predicted molar refractivity (Wildman–Crippen MR) is 95.7 cm³/mol. The molecule has 0 saturated heterocycles. The fourth-order valence-electron chi connectivity index (χ4n) is 3.34. The first-order chi connectivity index (χ1) is 11.9. The lowest BCUT2D eigenvalue weighted by Gasteiger charge is -2.29. The molecule has 25 heavy (non-hydrogen) atoms. The van der Waals surface area contributed by atoms with Gasteiger partial charge in [-0.15, -0.1) is 0 Å². The van der Waals surface area contributed by atoms with Crippen molar-refractivity contribution in [1.82, 2.24) is 15.3 Å². The van der Waals surface area contributed by atoms with E-state index < -0.39 is 17.2 Å². The Morgan fingerprint density at radius 3 is 2.36 bits per heavy atom. The summed E-state index contributed by atoms with van der Waals surface area (Å²) in [6.45, 7) is 2.07. The number of carbonyl (C=O) groups excluding carboxylic acids is 1. The van der Waals surface area contributed by atoms with Crippen molar-refractivity contribution in [2.75, 3.05) is 5.73 Å². The molecule has 1 fully saturated rings. The van der Waals surface area contributed by atoms with Crippen LogP contribution in [0.3, 0.4) is 0 Å². The highest BCUT2D eigenvalue weighted by Crippen LogP contribution is 2.33. The first-order valence-electron chi connectivity index (χ1n) is 8.43. The highest BCUT2D eigenvalue weighted by molar-refractivity contribution is 5.96. The summed E-state index contributed by atoms with van der Waals surface area (Å²) < 4.78 is 0. The van der Waals surface area contributed by atoms with Crippen LogP contribution >= 0.6 is 0 Å². The van der Waals surface area contributed by atoms with Crippen LogP contribution in [0.1, 0.15) is 53.2 Å². The van der Waals surface area contributed by atoms with Crippen LogP contribution in [0.2, 0.25) is 0 Å². The number of rotatable bonds is 3. The zero-order chi connectivity index (χ0) is 18.0. The lowest BCUT2D eigenvalue weighted by molar-refractivity contribution is 0.0921. The second-order valence-electron chi connectivity index (χ2n) is 6.63. The molecule has 1 aliphatic carbocycles. The summed E-state index contributed by atoms with van der Waals surface area (Å²) in [7, 11) is 0. The summed E-state index contributed by atoms with van der Waals surface area (Å²) in [5.41, 5.74) is 6.23. The van der Waals surface area contributed by atoms with Crippen molar-refractivity contribution in [3.05, 3.63) is 61.9 Å². The summed E-state index contributed by atoms with van der Waals surface area (Å²) in [4.78, 5) is 39.4. The van der Waals surface area contributed by atoms with Gasteiger partial charge in [-0.25, -0.2) is 4.79 Å². The Morgan fingerprint density at radius 1 is 1.08 bits per heavy atom. The summed E-state index contributed by atoms with van der Waals surface area (Å²) in [6, 6.07) is 8.59. The van der Waals surface area contributed by atoms with E-state index in [4.69, 9.17) is 5.73 Å². The zero-order valence-electron chi connectivity index (χ0n) is 14.1. The van der Waals surface area contributed by atoms with Gasteiger partial charge in [0.25, 0.3) is 11.5 Å². The Balaban J connectivity index is 1.62. The molecule has 1 amide bonds. The third-order valence-electron chi connectivity index (χ3n) is 4.82. The molecule has 0 spiro atoms. The molecule has 1 saturated carbocycles. The number of aromatic nitrogens is 2. The van der Waals surface area contributed by atoms with E-state index in [0.717, 1.165) is 25.7 Å². The van der Waals surface area contributed by atoms with Gasteiger partial charge in [0, 0.05) is 6.04 Å². The molecule has 0 bridgehead atoms. The lowest BCUT2D eigenvalue weighted by Crippen LogP contribution is -2.40. The van der Waals surface area contributed by atoms with E-state index in [1.807, 2.05) is 4.98 Å². The monoisotopic (exact) mass is 342 g/mol. The van der Waals surface area contributed by atoms with Crippen LogP contribution in [0.5, 0.6) is 0 Å². The van der Waals surface area contributed by atoms with Gasteiger partial charge in [-0.05, 0) is 44.1 Å². The highest BCUT2D eigenvalue weighted by atomic mass is 16.2. The van der Waals surface area contributed by atoms with Gasteiger partial charge < -0.3 is 16.0 Å². The number of benzene rings is 1. The number of carbonyl (C=O) groups is 1. The molecular weight excluding hydrogens is 320 g/mol. The molecule has 3 rings (SSSR count). The van der Waals surface area contributed by atoms with Crippen LogP contribution < -0.4 is 22.3 Å². The third kappa shape index (κ3) is 3.81. The maximum atomic E-state index is 12.3. The van der Waals surface area contributed by atoms with E-state index in [-0.39, 0.29) is 17.4 Å². The number of aryl methyl sites for hydroxylation is 1. The van der Waals surface area contributed by atoms with Crippen molar-refractivity contribution in [2.24, 2.45) is 0 Å². The van der Waals surface area contributed by atoms with Crippen LogP contribution in [0.4, 0.5) is 5.69 Å². The first kappa shape index (κ1) is 17.0. The second-order valence-corrected chi connectivity index (χ2v) is 6.63. The Morgan fingerprint density at radius 2 is 1.72 bits per heavy atom. The molecule has 1 aromatic carbocycles. The average Bonchev–Trinajstić information content (AvgIpc) is 2.59. The van der Waals surface area contributed by atoms with Gasteiger partial charge >= 0.3 is 5.69 Å². The van der Waals surface area contributed by atoms with E-state index >= 15 is 0 Å². The summed E-state index contributed by atoms with van der Waals surface area (Å²) in [6.07, 6.45) is 3.65. The molecule has 1 aromatic heterocycles. The summed E-state index contributed by atoms with van der Waals surface area (Å²) in [5, 5.41) is 2.87. The fourth-order valence-corrected chi connectivity index (χ4v) is 3.34. The van der Waals surface area contributed by atoms with Gasteiger partial charge in [0.2, 0.25) is 0 Å². The molecule has 7 heteroatoms. The number of nitrogens with one attached hydrogen (secondary N) is 3. The Labute approximate surface area is 144 Å². The quantitative estimate of drug-likeness (QED) is 0.674. The van der Waals surface area contributed by atoms with Crippen molar-refractivity contribution in [3.63, 3.8) is 0 Å². The van der Waals surface area contributed by atoms with Crippen molar-refractivity contribution in [2.45, 2.75) is 44.6 Å². The topological polar surface area (TPSA) is 121 Å². The molecule has 0 aliphatic heterocycles. The number of nitrogens with two attached hydrogens (primary N) is 1. The predicted octanol–water partition coefficient (Wildman–Crippen LogP) is 1.41. The van der Waals surface area contributed by atoms with Gasteiger partial charge in [0.1, 0.15) is 11.4 Å². The molecular formula is C18H22N4O3. The SMILES string of the molecule is Cc1ccc(C2CCC(NC(=O)c3[nH]c(=O)[nH]c(=O)c3N)CC2)cc1. The van der Waals surface area contributed by atoms with Gasteiger partial charge in [-0.1, -0.05) is 29.8 Å². The fraction of sp³-hybridized carbons (Fsp3) is 0.389. The van der Waals surface area contributed by atoms with Crippen molar-refractivity contribution < 1.29 is 4.79 Å². The molecule has 0 unspecified atom stereocenters. The van der Waals surface area contributed by atoms with Gasteiger partial charge in [0.15, 0.2) is 0 Å². The van der Waals surface area contributed by atoms with Crippen molar-refractivity contribution in [3.8, 4) is 0 Å². The maximum Gasteiger partial charge on any atom is 0.326 e. The summed E-state index contributed by atoms with van der Waals surface area (Å²) >= 11 is 0. The van der Waals surface area contributed by atoms with Crippen LogP contribution in [-0.2, 0) is 0 Å². The second kappa shape index (κ2) is 6.96. The number of anilines is 1. The van der Waals surface area contributed by atoms with Crippen molar-refractivity contribution in [1.29, 1.82) is 0 Å². The highest BCUT2D eigenvalue weighted by Gasteiger charge is 2.25. The van der Waals surface area contributed by atoms with E-state index in [9.17, 15) is 14.4 Å². The van der Waals surface area contributed by atoms with Crippen LogP contribution in [0.25, 0.3) is 0 Å². The molecule has 7 nitrogen and oxygen atoms in total. The minimum atomic E-state index is -0.753. The number of aromatic amines is 2. The number of amides is 1. The van der Waals surface area contributed by atoms with Gasteiger partial charge in [-0.3, -0.25) is 14.6 Å². The largest absolute Gasteiger partial charge is 0.392 e. The number of hydrogen-bond acceptors (Lipinski definition) is 4. The molecule has 2 aromatic rings. The molecule has 5 N–H and O–H groups in total. The zero-order valence-corrected chi connectivity index (χ0v) is 14.1. The molecule has 1 heterocycles. The number of H-pyrrole nitrogens is 2. The molecule has 132 valence electrons. The van der Waals surface area contributed by atoms with Gasteiger partial charge in [-0.2, -0.15) is 0 Å². The third-order valence-corrected chi connectivity index (χ3v) is 4.82.